The SMILES string of the molecule is Cc1ccccc1C1CCC(N2CCC3(CC2)C(=O)NCC3c2ccccc2)CC1. The second-order valence-corrected chi connectivity index (χ2v) is 9.73. The van der Waals surface area contributed by atoms with Gasteiger partial charge in [0.2, 0.25) is 5.91 Å². The number of nitrogens with one attached hydrogen (secondary N) is 1. The van der Waals surface area contributed by atoms with Gasteiger partial charge in [0.25, 0.3) is 0 Å². The van der Waals surface area contributed by atoms with Crippen LogP contribution in [0.15, 0.2) is 54.6 Å². The highest BCUT2D eigenvalue weighted by Crippen LogP contribution is 2.48. The van der Waals surface area contributed by atoms with Crippen molar-refractivity contribution in [3.05, 3.63) is 71.3 Å². The summed E-state index contributed by atoms with van der Waals surface area (Å²) in [5.41, 5.74) is 4.13. The number of hydrogen-bond acceptors (Lipinski definition) is 2. The largest absolute Gasteiger partial charge is 0.355 e. The van der Waals surface area contributed by atoms with Crippen LogP contribution in [0.3, 0.4) is 0 Å². The third kappa shape index (κ3) is 3.47. The van der Waals surface area contributed by atoms with Crippen molar-refractivity contribution in [1.82, 2.24) is 10.2 Å². The first-order valence-electron chi connectivity index (χ1n) is 11.8. The number of amides is 1. The van der Waals surface area contributed by atoms with Crippen LogP contribution in [0.25, 0.3) is 0 Å². The van der Waals surface area contributed by atoms with Gasteiger partial charge < -0.3 is 10.2 Å². The molecule has 30 heavy (non-hydrogen) atoms. The van der Waals surface area contributed by atoms with Gasteiger partial charge in [-0.05, 0) is 81.1 Å². The Morgan fingerprint density at radius 3 is 2.27 bits per heavy atom. The van der Waals surface area contributed by atoms with Gasteiger partial charge in [0.1, 0.15) is 0 Å². The highest BCUT2D eigenvalue weighted by atomic mass is 16.2. The zero-order valence-corrected chi connectivity index (χ0v) is 18.1. The van der Waals surface area contributed by atoms with E-state index in [1.54, 1.807) is 5.56 Å². The van der Waals surface area contributed by atoms with Crippen LogP contribution in [-0.2, 0) is 4.79 Å². The van der Waals surface area contributed by atoms with Gasteiger partial charge in [-0.15, -0.1) is 0 Å². The predicted molar refractivity (Wildman–Crippen MR) is 122 cm³/mol. The Bertz CT molecular complexity index is 877. The third-order valence-corrected chi connectivity index (χ3v) is 8.32. The van der Waals surface area contributed by atoms with E-state index < -0.39 is 0 Å². The first-order valence-corrected chi connectivity index (χ1v) is 11.8. The van der Waals surface area contributed by atoms with Crippen molar-refractivity contribution in [2.24, 2.45) is 5.41 Å². The molecule has 3 fully saturated rings. The van der Waals surface area contributed by atoms with Crippen LogP contribution in [-0.4, -0.2) is 36.5 Å². The average molecular weight is 403 g/mol. The van der Waals surface area contributed by atoms with Crippen molar-refractivity contribution in [3.8, 4) is 0 Å². The normalized spacial score (nSPS) is 29.1. The fourth-order valence-corrected chi connectivity index (χ4v) is 6.51. The van der Waals surface area contributed by atoms with Gasteiger partial charge >= 0.3 is 0 Å². The molecule has 2 saturated heterocycles. The molecule has 2 aromatic carbocycles. The van der Waals surface area contributed by atoms with Crippen molar-refractivity contribution >= 4 is 5.91 Å². The molecule has 3 heteroatoms. The molecule has 3 aliphatic rings. The van der Waals surface area contributed by atoms with Crippen molar-refractivity contribution < 1.29 is 4.79 Å². The number of nitrogens with zero attached hydrogens (tertiary/aromatic N) is 1. The second-order valence-electron chi connectivity index (χ2n) is 9.73. The van der Waals surface area contributed by atoms with Crippen molar-refractivity contribution in [3.63, 3.8) is 0 Å². The van der Waals surface area contributed by atoms with Crippen LogP contribution in [0.1, 0.15) is 67.1 Å². The number of hydrogen-bond donors (Lipinski definition) is 1. The zero-order valence-electron chi connectivity index (χ0n) is 18.1. The Morgan fingerprint density at radius 2 is 1.57 bits per heavy atom. The number of piperidine rings is 1. The lowest BCUT2D eigenvalue weighted by Gasteiger charge is -2.45. The number of carbonyl (C=O) groups excluding carboxylic acids is 1. The van der Waals surface area contributed by atoms with Gasteiger partial charge in [0.05, 0.1) is 5.41 Å². The number of benzene rings is 2. The molecule has 1 saturated carbocycles. The van der Waals surface area contributed by atoms with Gasteiger partial charge in [-0.3, -0.25) is 4.79 Å². The summed E-state index contributed by atoms with van der Waals surface area (Å²) in [6, 6.07) is 20.3. The number of likely N-dealkylation sites (tertiary alicyclic amines) is 1. The maximum Gasteiger partial charge on any atom is 0.227 e. The van der Waals surface area contributed by atoms with E-state index >= 15 is 0 Å². The lowest BCUT2D eigenvalue weighted by atomic mass is 9.67. The van der Waals surface area contributed by atoms with E-state index in [9.17, 15) is 4.79 Å². The molecule has 0 aromatic heterocycles. The minimum Gasteiger partial charge on any atom is -0.355 e. The van der Waals surface area contributed by atoms with E-state index in [1.807, 2.05) is 0 Å². The van der Waals surface area contributed by atoms with Crippen LogP contribution in [0.2, 0.25) is 0 Å². The molecule has 2 heterocycles. The van der Waals surface area contributed by atoms with Gasteiger partial charge in [-0.2, -0.15) is 0 Å². The summed E-state index contributed by atoms with van der Waals surface area (Å²) in [5, 5.41) is 3.19. The molecule has 5 rings (SSSR count). The van der Waals surface area contributed by atoms with Crippen molar-refractivity contribution in [1.29, 1.82) is 0 Å². The van der Waals surface area contributed by atoms with Gasteiger partial charge in [0.15, 0.2) is 0 Å². The van der Waals surface area contributed by atoms with Crippen LogP contribution < -0.4 is 5.32 Å². The lowest BCUT2D eigenvalue weighted by Crippen LogP contribution is -2.49. The smallest absolute Gasteiger partial charge is 0.227 e. The molecule has 2 aromatic rings. The minimum atomic E-state index is -0.198. The van der Waals surface area contributed by atoms with E-state index in [4.69, 9.17) is 0 Å². The number of carbonyl (C=O) groups is 1. The Balaban J connectivity index is 1.22. The van der Waals surface area contributed by atoms with Gasteiger partial charge in [0, 0.05) is 18.5 Å². The molecule has 1 aliphatic carbocycles. The molecule has 158 valence electrons. The quantitative estimate of drug-likeness (QED) is 0.782. The maximum absolute atomic E-state index is 12.9. The first kappa shape index (κ1) is 19.8. The van der Waals surface area contributed by atoms with E-state index in [-0.39, 0.29) is 5.41 Å². The van der Waals surface area contributed by atoms with Crippen molar-refractivity contribution in [2.75, 3.05) is 19.6 Å². The average Bonchev–Trinajstić information content (AvgIpc) is 3.11. The Kier molecular flexibility index (Phi) is 5.41. The Labute approximate surface area is 180 Å². The molecule has 1 N–H and O–H groups in total. The number of rotatable bonds is 3. The molecular formula is C27H34N2O. The standard InChI is InChI=1S/C27H34N2O/c1-20-7-5-6-10-24(20)21-11-13-23(14-12-21)29-17-15-27(16-18-29)25(19-28-26(27)30)22-8-3-2-4-9-22/h2-10,21,23,25H,11-19H2,1H3,(H,28,30). The third-order valence-electron chi connectivity index (χ3n) is 8.32. The topological polar surface area (TPSA) is 32.3 Å². The highest BCUT2D eigenvalue weighted by Gasteiger charge is 2.52. The second kappa shape index (κ2) is 8.19. The van der Waals surface area contributed by atoms with E-state index in [0.29, 0.717) is 17.9 Å². The van der Waals surface area contributed by atoms with Gasteiger partial charge in [-0.1, -0.05) is 54.6 Å². The molecule has 0 radical (unpaired) electrons. The van der Waals surface area contributed by atoms with Crippen LogP contribution in [0.5, 0.6) is 0 Å². The van der Waals surface area contributed by atoms with Crippen LogP contribution in [0.4, 0.5) is 0 Å². The van der Waals surface area contributed by atoms with E-state index in [2.05, 4.69) is 71.7 Å². The van der Waals surface area contributed by atoms with Crippen molar-refractivity contribution in [2.45, 2.75) is 63.3 Å². The number of aryl methyl sites for hydroxylation is 1. The zero-order chi connectivity index (χ0) is 20.6. The molecule has 1 amide bonds. The highest BCUT2D eigenvalue weighted by molar-refractivity contribution is 5.86. The van der Waals surface area contributed by atoms with Crippen LogP contribution >= 0.6 is 0 Å². The summed E-state index contributed by atoms with van der Waals surface area (Å²) in [4.78, 5) is 15.6. The summed E-state index contributed by atoms with van der Waals surface area (Å²) in [7, 11) is 0. The summed E-state index contributed by atoms with van der Waals surface area (Å²) >= 11 is 0. The molecule has 1 atom stereocenters. The first-order chi connectivity index (χ1) is 14.7. The summed E-state index contributed by atoms with van der Waals surface area (Å²) < 4.78 is 0. The molecule has 1 unspecified atom stereocenters. The summed E-state index contributed by atoms with van der Waals surface area (Å²) in [6.45, 7) is 5.18. The molecule has 3 nitrogen and oxygen atoms in total. The van der Waals surface area contributed by atoms with Gasteiger partial charge in [-0.25, -0.2) is 0 Å². The van der Waals surface area contributed by atoms with E-state index in [0.717, 1.165) is 38.4 Å². The fraction of sp³-hybridized carbons (Fsp3) is 0.519. The molecular weight excluding hydrogens is 368 g/mol. The summed E-state index contributed by atoms with van der Waals surface area (Å²) in [5.74, 6) is 1.34. The minimum absolute atomic E-state index is 0.198. The predicted octanol–water partition coefficient (Wildman–Crippen LogP) is 5.02. The summed E-state index contributed by atoms with van der Waals surface area (Å²) in [6.07, 6.45) is 7.17. The fourth-order valence-electron chi connectivity index (χ4n) is 6.51. The van der Waals surface area contributed by atoms with Crippen LogP contribution in [0, 0.1) is 12.3 Å². The lowest BCUT2D eigenvalue weighted by molar-refractivity contribution is -0.131. The molecule has 0 bridgehead atoms. The molecule has 1 spiro atoms. The molecule has 2 aliphatic heterocycles. The monoisotopic (exact) mass is 402 g/mol. The maximum atomic E-state index is 12.9. The Morgan fingerprint density at radius 1 is 0.900 bits per heavy atom. The van der Waals surface area contributed by atoms with E-state index in [1.165, 1.54) is 36.8 Å². The Hall–Kier alpha value is -2.13.